The summed E-state index contributed by atoms with van der Waals surface area (Å²) in [6.07, 6.45) is 16.9. The summed E-state index contributed by atoms with van der Waals surface area (Å²) in [5.74, 6) is -0.0309. The molecule has 0 aliphatic rings. The van der Waals surface area contributed by atoms with Crippen LogP contribution in [0.1, 0.15) is 142 Å². The summed E-state index contributed by atoms with van der Waals surface area (Å²) < 4.78 is 0. The fraction of sp³-hybridized carbons (Fsp3) is 0.909. The summed E-state index contributed by atoms with van der Waals surface area (Å²) >= 11 is 0. The lowest BCUT2D eigenvalue weighted by molar-refractivity contribution is -0.126. The van der Waals surface area contributed by atoms with Crippen LogP contribution in [0, 0.1) is 11.8 Å². The molecule has 0 rings (SSSR count). The summed E-state index contributed by atoms with van der Waals surface area (Å²) in [6.45, 7) is 5.77. The number of aliphatic hydroxyl groups is 2. The number of unbranched alkanes of at least 4 members (excludes halogenated alkanes) is 10. The zero-order valence-corrected chi connectivity index (χ0v) is 27.1. The molecule has 0 fully saturated rings. The van der Waals surface area contributed by atoms with Crippen LogP contribution in [0.3, 0.4) is 0 Å². The summed E-state index contributed by atoms with van der Waals surface area (Å²) in [5, 5.41) is 26.9. The summed E-state index contributed by atoms with van der Waals surface area (Å²) in [7, 11) is 0. The number of hydrogen-bond acceptors (Lipinski definition) is 7. The van der Waals surface area contributed by atoms with Crippen LogP contribution >= 0.6 is 0 Å². The Kier molecular flexibility index (Phi) is 27.2. The Morgan fingerprint density at radius 3 is 1.43 bits per heavy atom. The van der Waals surface area contributed by atoms with Crippen LogP contribution in [-0.2, 0) is 14.4 Å². The van der Waals surface area contributed by atoms with Crippen molar-refractivity contribution in [1.82, 2.24) is 10.6 Å². The monoisotopic (exact) mass is 599 g/mol. The second-order valence-electron chi connectivity index (χ2n) is 12.2. The van der Waals surface area contributed by atoms with Crippen molar-refractivity contribution in [2.75, 3.05) is 26.2 Å². The van der Waals surface area contributed by atoms with E-state index in [9.17, 15) is 24.6 Å². The van der Waals surface area contributed by atoms with Crippen LogP contribution in [0.4, 0.5) is 0 Å². The second-order valence-corrected chi connectivity index (χ2v) is 12.2. The van der Waals surface area contributed by atoms with Gasteiger partial charge in [-0.15, -0.1) is 0 Å². The number of amides is 2. The molecule has 0 aromatic heterocycles. The van der Waals surface area contributed by atoms with Gasteiger partial charge in [-0.3, -0.25) is 14.4 Å². The van der Waals surface area contributed by atoms with Gasteiger partial charge in [0.1, 0.15) is 5.78 Å². The first-order chi connectivity index (χ1) is 20.2. The minimum absolute atomic E-state index is 0.0118. The van der Waals surface area contributed by atoms with Crippen LogP contribution in [0.5, 0.6) is 0 Å². The number of rotatable bonds is 30. The van der Waals surface area contributed by atoms with Crippen molar-refractivity contribution in [3.8, 4) is 0 Å². The molecular weight excluding hydrogens is 532 g/mol. The van der Waals surface area contributed by atoms with E-state index in [2.05, 4.69) is 10.6 Å². The van der Waals surface area contributed by atoms with Crippen LogP contribution in [0.25, 0.3) is 0 Å². The average Bonchev–Trinajstić information content (AvgIpc) is 2.94. The van der Waals surface area contributed by atoms with E-state index in [1.807, 2.05) is 0 Å². The van der Waals surface area contributed by atoms with Crippen molar-refractivity contribution < 1.29 is 24.6 Å². The van der Waals surface area contributed by atoms with E-state index >= 15 is 0 Å². The van der Waals surface area contributed by atoms with Crippen molar-refractivity contribution in [2.45, 2.75) is 154 Å². The van der Waals surface area contributed by atoms with Gasteiger partial charge in [-0.1, -0.05) is 64.2 Å². The van der Waals surface area contributed by atoms with Gasteiger partial charge in [0.25, 0.3) is 0 Å². The number of carbonyl (C=O) groups excluding carboxylic acids is 3. The maximum Gasteiger partial charge on any atom is 0.223 e. The zero-order chi connectivity index (χ0) is 31.4. The maximum absolute atomic E-state index is 12.9. The Morgan fingerprint density at radius 2 is 0.952 bits per heavy atom. The molecule has 0 saturated carbocycles. The molecule has 0 bridgehead atoms. The van der Waals surface area contributed by atoms with Crippen LogP contribution in [0.15, 0.2) is 0 Å². The number of carbonyl (C=O) groups is 3. The highest BCUT2D eigenvalue weighted by Gasteiger charge is 2.21. The van der Waals surface area contributed by atoms with Crippen molar-refractivity contribution in [3.05, 3.63) is 0 Å². The molecule has 42 heavy (non-hydrogen) atoms. The molecule has 8 N–H and O–H groups in total. The Bertz CT molecular complexity index is 679. The van der Waals surface area contributed by atoms with Gasteiger partial charge in [-0.05, 0) is 84.2 Å². The van der Waals surface area contributed by atoms with Crippen molar-refractivity contribution >= 4 is 17.6 Å². The Morgan fingerprint density at radius 1 is 0.548 bits per heavy atom. The highest BCUT2D eigenvalue weighted by Crippen LogP contribution is 2.21. The standard InChI is InChI=1S/C33H66N4O5/c1-27(38)29(17-11-13-21-34)25-31(40)19-9-6-4-8-16-24-37-33(42)30(18-12-14-22-35)26-32(41)20-10-5-3-7-15-23-36-28(2)39/h29-32,40-41H,3-26,34-35H2,1-2H3,(H,36,39)(H,37,42). The number of Topliss-reactive ketones (excluding diaryl/α,β-unsaturated/α-hetero) is 1. The van der Waals surface area contributed by atoms with Crippen molar-refractivity contribution in [1.29, 1.82) is 0 Å². The predicted octanol–water partition coefficient (Wildman–Crippen LogP) is 4.50. The zero-order valence-electron chi connectivity index (χ0n) is 27.1. The van der Waals surface area contributed by atoms with Crippen LogP contribution in [-0.4, -0.2) is 66.2 Å². The van der Waals surface area contributed by atoms with Gasteiger partial charge in [0.2, 0.25) is 11.8 Å². The molecule has 0 aliphatic heterocycles. The van der Waals surface area contributed by atoms with E-state index < -0.39 is 12.2 Å². The third-order valence-corrected chi connectivity index (χ3v) is 8.17. The summed E-state index contributed by atoms with van der Waals surface area (Å²) in [4.78, 5) is 35.6. The lowest BCUT2D eigenvalue weighted by Crippen LogP contribution is -2.33. The smallest absolute Gasteiger partial charge is 0.223 e. The largest absolute Gasteiger partial charge is 0.393 e. The molecule has 0 spiro atoms. The quantitative estimate of drug-likeness (QED) is 0.0662. The molecule has 2 amide bonds. The number of ketones is 1. The molecule has 0 aliphatic carbocycles. The second kappa shape index (κ2) is 28.2. The SMILES string of the molecule is CC(=O)NCCCCCCCC(O)CC(CCCCN)C(=O)NCCCCCCCC(O)CC(CCCCN)C(C)=O. The first kappa shape index (κ1) is 40.5. The molecule has 0 radical (unpaired) electrons. The third kappa shape index (κ3) is 25.0. The molecule has 4 unspecified atom stereocenters. The van der Waals surface area contributed by atoms with Crippen molar-refractivity contribution in [3.63, 3.8) is 0 Å². The molecular formula is C33H66N4O5. The molecule has 0 saturated heterocycles. The minimum atomic E-state index is -0.468. The average molecular weight is 599 g/mol. The predicted molar refractivity (Wildman–Crippen MR) is 172 cm³/mol. The molecule has 0 aromatic rings. The van der Waals surface area contributed by atoms with E-state index in [1.165, 1.54) is 6.92 Å². The van der Waals surface area contributed by atoms with Gasteiger partial charge in [0.05, 0.1) is 12.2 Å². The Hall–Kier alpha value is -1.55. The molecule has 0 heterocycles. The van der Waals surface area contributed by atoms with Gasteiger partial charge >= 0.3 is 0 Å². The molecule has 9 heteroatoms. The highest BCUT2D eigenvalue weighted by atomic mass is 16.3. The van der Waals surface area contributed by atoms with Crippen LogP contribution in [0.2, 0.25) is 0 Å². The van der Waals surface area contributed by atoms with Crippen molar-refractivity contribution in [2.24, 2.45) is 23.3 Å². The minimum Gasteiger partial charge on any atom is -0.393 e. The summed E-state index contributed by atoms with van der Waals surface area (Å²) in [6, 6.07) is 0. The van der Waals surface area contributed by atoms with E-state index in [0.29, 0.717) is 38.9 Å². The third-order valence-electron chi connectivity index (χ3n) is 8.17. The number of hydrogen-bond donors (Lipinski definition) is 6. The first-order valence-electron chi connectivity index (χ1n) is 17.0. The molecule has 0 aromatic carbocycles. The fourth-order valence-corrected chi connectivity index (χ4v) is 5.50. The number of nitrogens with one attached hydrogen (secondary N) is 2. The van der Waals surface area contributed by atoms with Gasteiger partial charge in [-0.25, -0.2) is 0 Å². The topological polar surface area (TPSA) is 168 Å². The normalized spacial score (nSPS) is 14.2. The Balaban J connectivity index is 4.12. The number of nitrogens with two attached hydrogens (primary N) is 2. The molecule has 248 valence electrons. The molecule has 9 nitrogen and oxygen atoms in total. The van der Waals surface area contributed by atoms with Gasteiger partial charge in [0, 0.05) is 31.8 Å². The van der Waals surface area contributed by atoms with E-state index in [1.54, 1.807) is 6.92 Å². The maximum atomic E-state index is 12.9. The fourth-order valence-electron chi connectivity index (χ4n) is 5.50. The summed E-state index contributed by atoms with van der Waals surface area (Å²) in [5.41, 5.74) is 11.2. The van der Waals surface area contributed by atoms with Gasteiger partial charge in [0.15, 0.2) is 0 Å². The van der Waals surface area contributed by atoms with Gasteiger partial charge in [-0.2, -0.15) is 0 Å². The van der Waals surface area contributed by atoms with E-state index in [-0.39, 0.29) is 29.4 Å². The van der Waals surface area contributed by atoms with E-state index in [0.717, 1.165) is 116 Å². The van der Waals surface area contributed by atoms with Gasteiger partial charge < -0.3 is 32.3 Å². The molecule has 4 atom stereocenters. The van der Waals surface area contributed by atoms with Crippen LogP contribution < -0.4 is 22.1 Å². The van der Waals surface area contributed by atoms with E-state index in [4.69, 9.17) is 11.5 Å². The first-order valence-corrected chi connectivity index (χ1v) is 17.0. The number of aliphatic hydroxyl groups excluding tert-OH is 2. The lowest BCUT2D eigenvalue weighted by atomic mass is 9.90. The Labute approximate surface area is 256 Å². The highest BCUT2D eigenvalue weighted by molar-refractivity contribution is 5.78. The lowest BCUT2D eigenvalue weighted by Gasteiger charge is -2.20.